The van der Waals surface area contributed by atoms with Gasteiger partial charge in [0.1, 0.15) is 0 Å². The van der Waals surface area contributed by atoms with E-state index in [1.165, 1.54) is 70.8 Å². The van der Waals surface area contributed by atoms with Gasteiger partial charge in [0, 0.05) is 12.6 Å². The molecule has 1 heterocycles. The summed E-state index contributed by atoms with van der Waals surface area (Å²) < 4.78 is 6.18. The normalized spacial score (nSPS) is 42.1. The van der Waals surface area contributed by atoms with Gasteiger partial charge in [-0.15, -0.1) is 0 Å². The Kier molecular flexibility index (Phi) is 4.04. The third kappa shape index (κ3) is 2.67. The number of hydrogen-bond donors (Lipinski definition) is 1. The van der Waals surface area contributed by atoms with Crippen LogP contribution in [0.15, 0.2) is 0 Å². The molecule has 1 aliphatic heterocycles. The van der Waals surface area contributed by atoms with Crippen LogP contribution in [0.5, 0.6) is 0 Å². The van der Waals surface area contributed by atoms with Crippen molar-refractivity contribution in [2.75, 3.05) is 13.2 Å². The minimum atomic E-state index is 0.315. The molecule has 120 valence electrons. The second kappa shape index (κ2) is 5.85. The van der Waals surface area contributed by atoms with Crippen LogP contribution < -0.4 is 5.32 Å². The molecule has 0 amide bonds. The fraction of sp³-hybridized carbons (Fsp3) is 1.00. The van der Waals surface area contributed by atoms with E-state index in [1.54, 1.807) is 0 Å². The maximum atomic E-state index is 6.18. The second-order valence-corrected chi connectivity index (χ2v) is 8.31. The van der Waals surface area contributed by atoms with Gasteiger partial charge in [-0.05, 0) is 81.6 Å². The number of rotatable bonds is 5. The largest absolute Gasteiger partial charge is 0.375 e. The van der Waals surface area contributed by atoms with Crippen LogP contribution in [-0.4, -0.2) is 24.8 Å². The van der Waals surface area contributed by atoms with Crippen LogP contribution in [0.3, 0.4) is 0 Å². The highest BCUT2D eigenvalue weighted by molar-refractivity contribution is 5.08. The van der Waals surface area contributed by atoms with Crippen LogP contribution in [0.4, 0.5) is 0 Å². The van der Waals surface area contributed by atoms with E-state index in [1.807, 2.05) is 0 Å². The highest BCUT2D eigenvalue weighted by Crippen LogP contribution is 2.59. The van der Waals surface area contributed by atoms with Crippen molar-refractivity contribution in [3.05, 3.63) is 0 Å². The van der Waals surface area contributed by atoms with Crippen LogP contribution in [0, 0.1) is 23.7 Å². The molecule has 4 fully saturated rings. The summed E-state index contributed by atoms with van der Waals surface area (Å²) in [5, 5.41) is 3.99. The van der Waals surface area contributed by atoms with E-state index in [0.29, 0.717) is 5.60 Å². The molecule has 1 spiro atoms. The summed E-state index contributed by atoms with van der Waals surface area (Å²) in [6.45, 7) is 4.55. The number of hydrogen-bond acceptors (Lipinski definition) is 2. The van der Waals surface area contributed by atoms with E-state index in [0.717, 1.165) is 36.3 Å². The highest BCUT2D eigenvalue weighted by Gasteiger charge is 2.56. The lowest BCUT2D eigenvalue weighted by Crippen LogP contribution is -2.51. The summed E-state index contributed by atoms with van der Waals surface area (Å²) in [4.78, 5) is 0. The molecule has 2 nitrogen and oxygen atoms in total. The average Bonchev–Trinajstić information content (AvgIpc) is 3.21. The van der Waals surface area contributed by atoms with E-state index in [2.05, 4.69) is 12.2 Å². The van der Waals surface area contributed by atoms with Gasteiger partial charge in [-0.25, -0.2) is 0 Å². The SMILES string of the molecule is CCCNC(C1CCOC2(CCC2)C1)C1C2CCCCC21. The number of fused-ring (bicyclic) bond motifs is 1. The Bertz CT molecular complexity index is 353. The maximum absolute atomic E-state index is 6.18. The molecule has 0 aromatic heterocycles. The molecule has 0 aromatic carbocycles. The fourth-order valence-corrected chi connectivity index (χ4v) is 5.80. The molecule has 1 saturated heterocycles. The maximum Gasteiger partial charge on any atom is 0.0685 e. The monoisotopic (exact) mass is 291 g/mol. The van der Waals surface area contributed by atoms with Gasteiger partial charge in [0.25, 0.3) is 0 Å². The van der Waals surface area contributed by atoms with Crippen LogP contribution in [0.25, 0.3) is 0 Å². The zero-order valence-electron chi connectivity index (χ0n) is 13.8. The molecule has 4 unspecified atom stereocenters. The first kappa shape index (κ1) is 14.5. The summed E-state index contributed by atoms with van der Waals surface area (Å²) in [6, 6.07) is 0.805. The zero-order chi connectivity index (χ0) is 14.3. The van der Waals surface area contributed by atoms with Crippen molar-refractivity contribution in [2.45, 2.75) is 82.8 Å². The Balaban J connectivity index is 1.44. The lowest BCUT2D eigenvalue weighted by Gasteiger charge is -2.49. The molecule has 0 bridgehead atoms. The first-order chi connectivity index (χ1) is 10.3. The van der Waals surface area contributed by atoms with Crippen LogP contribution >= 0.6 is 0 Å². The predicted molar refractivity (Wildman–Crippen MR) is 86.3 cm³/mol. The van der Waals surface area contributed by atoms with Crippen molar-refractivity contribution in [1.82, 2.24) is 5.32 Å². The first-order valence-electron chi connectivity index (χ1n) is 9.70. The molecule has 4 rings (SSSR count). The van der Waals surface area contributed by atoms with Crippen molar-refractivity contribution in [1.29, 1.82) is 0 Å². The van der Waals surface area contributed by atoms with E-state index in [9.17, 15) is 0 Å². The van der Waals surface area contributed by atoms with Gasteiger partial charge in [0.05, 0.1) is 5.60 Å². The quantitative estimate of drug-likeness (QED) is 0.822. The molecule has 21 heavy (non-hydrogen) atoms. The van der Waals surface area contributed by atoms with Crippen molar-refractivity contribution in [2.24, 2.45) is 23.7 Å². The van der Waals surface area contributed by atoms with Gasteiger partial charge in [0.2, 0.25) is 0 Å². The lowest BCUT2D eigenvalue weighted by atomic mass is 9.69. The third-order valence-electron chi connectivity index (χ3n) is 7.07. The first-order valence-corrected chi connectivity index (χ1v) is 9.70. The summed E-state index contributed by atoms with van der Waals surface area (Å²) in [5.74, 6) is 4.06. The molecule has 3 saturated carbocycles. The third-order valence-corrected chi connectivity index (χ3v) is 7.07. The standard InChI is InChI=1S/C19H33NO/c1-2-11-20-18(17-15-6-3-4-7-16(15)17)14-8-12-21-19(13-14)9-5-10-19/h14-18,20H,2-13H2,1H3. The van der Waals surface area contributed by atoms with Gasteiger partial charge in [-0.2, -0.15) is 0 Å². The average molecular weight is 291 g/mol. The van der Waals surface area contributed by atoms with E-state index in [4.69, 9.17) is 4.74 Å². The Hall–Kier alpha value is -0.0800. The van der Waals surface area contributed by atoms with Gasteiger partial charge < -0.3 is 10.1 Å². The number of nitrogens with one attached hydrogen (secondary N) is 1. The molecule has 0 aromatic rings. The van der Waals surface area contributed by atoms with E-state index in [-0.39, 0.29) is 0 Å². The van der Waals surface area contributed by atoms with Crippen LogP contribution in [0.1, 0.15) is 71.1 Å². The van der Waals surface area contributed by atoms with Gasteiger partial charge in [0.15, 0.2) is 0 Å². The van der Waals surface area contributed by atoms with E-state index < -0.39 is 0 Å². The fourth-order valence-electron chi connectivity index (χ4n) is 5.80. The molecule has 4 atom stereocenters. The topological polar surface area (TPSA) is 21.3 Å². The van der Waals surface area contributed by atoms with Crippen molar-refractivity contribution < 1.29 is 4.74 Å². The van der Waals surface area contributed by atoms with Gasteiger partial charge in [-0.3, -0.25) is 0 Å². The molecule has 3 aliphatic carbocycles. The summed E-state index contributed by atoms with van der Waals surface area (Å²) in [6.07, 6.45) is 14.0. The smallest absolute Gasteiger partial charge is 0.0685 e. The van der Waals surface area contributed by atoms with Crippen molar-refractivity contribution in [3.8, 4) is 0 Å². The van der Waals surface area contributed by atoms with Gasteiger partial charge in [-0.1, -0.05) is 19.8 Å². The van der Waals surface area contributed by atoms with E-state index >= 15 is 0 Å². The van der Waals surface area contributed by atoms with Crippen molar-refractivity contribution in [3.63, 3.8) is 0 Å². The predicted octanol–water partition coefficient (Wildman–Crippen LogP) is 4.14. The Labute approximate surface area is 130 Å². The van der Waals surface area contributed by atoms with Crippen LogP contribution in [0.2, 0.25) is 0 Å². The molecular formula is C19H33NO. The van der Waals surface area contributed by atoms with Crippen LogP contribution in [-0.2, 0) is 4.74 Å². The summed E-state index contributed by atoms with van der Waals surface area (Å²) >= 11 is 0. The molecule has 1 N–H and O–H groups in total. The minimum Gasteiger partial charge on any atom is -0.375 e. The Morgan fingerprint density at radius 3 is 2.48 bits per heavy atom. The lowest BCUT2D eigenvalue weighted by molar-refractivity contribution is -0.148. The molecule has 4 aliphatic rings. The Morgan fingerprint density at radius 1 is 1.10 bits per heavy atom. The Morgan fingerprint density at radius 2 is 1.86 bits per heavy atom. The summed E-state index contributed by atoms with van der Waals surface area (Å²) in [7, 11) is 0. The molecule has 2 heteroatoms. The number of ether oxygens (including phenoxy) is 1. The molecule has 0 radical (unpaired) electrons. The highest BCUT2D eigenvalue weighted by atomic mass is 16.5. The molecular weight excluding hydrogens is 258 g/mol. The zero-order valence-corrected chi connectivity index (χ0v) is 13.8. The summed E-state index contributed by atoms with van der Waals surface area (Å²) in [5.41, 5.74) is 0.315. The van der Waals surface area contributed by atoms with Crippen molar-refractivity contribution >= 4 is 0 Å². The second-order valence-electron chi connectivity index (χ2n) is 8.31. The minimum absolute atomic E-state index is 0.315. The van der Waals surface area contributed by atoms with Gasteiger partial charge >= 0.3 is 0 Å².